The van der Waals surface area contributed by atoms with Gasteiger partial charge in [-0.2, -0.15) is 0 Å². The van der Waals surface area contributed by atoms with Gasteiger partial charge in [0.05, 0.1) is 20.1 Å². The molecule has 0 fully saturated rings. The number of amides is 1. The van der Waals surface area contributed by atoms with Crippen LogP contribution in [0.4, 0.5) is 8.78 Å². The first kappa shape index (κ1) is 29.9. The van der Waals surface area contributed by atoms with Crippen LogP contribution in [0.5, 0.6) is 17.2 Å². The van der Waals surface area contributed by atoms with Gasteiger partial charge in [-0.1, -0.05) is 6.07 Å². The van der Waals surface area contributed by atoms with Gasteiger partial charge in [-0.05, 0) is 43.3 Å². The number of nitrogens with zero attached hydrogens (tertiary/aromatic N) is 2. The highest BCUT2D eigenvalue weighted by atomic mass is 19.1. The summed E-state index contributed by atoms with van der Waals surface area (Å²) in [5.74, 6) is -4.11. The van der Waals surface area contributed by atoms with Gasteiger partial charge in [0.25, 0.3) is 11.8 Å². The first-order valence-corrected chi connectivity index (χ1v) is 12.1. The van der Waals surface area contributed by atoms with Crippen molar-refractivity contribution in [2.75, 3.05) is 34.9 Å². The molecule has 214 valence electrons. The Morgan fingerprint density at radius 3 is 2.45 bits per heavy atom. The summed E-state index contributed by atoms with van der Waals surface area (Å²) in [6.45, 7) is 1.57. The molecule has 1 heterocycles. The Labute approximate surface area is 230 Å². The molecule has 13 heteroatoms. The molecule has 4 N–H and O–H groups in total. The monoisotopic (exact) mass is 559 g/mol. The van der Waals surface area contributed by atoms with Crippen LogP contribution in [0.1, 0.15) is 29.3 Å². The number of hydrogen-bond acceptors (Lipinski definition) is 9. The molecule has 1 unspecified atom stereocenters. The number of nitrogens with one attached hydrogen (secondary N) is 2. The number of halogens is 2. The zero-order valence-corrected chi connectivity index (χ0v) is 22.7. The second kappa shape index (κ2) is 12.9. The van der Waals surface area contributed by atoms with Gasteiger partial charge in [-0.15, -0.1) is 0 Å². The maximum atomic E-state index is 15.9. The van der Waals surface area contributed by atoms with Crippen molar-refractivity contribution >= 4 is 17.7 Å². The predicted octanol–water partition coefficient (Wildman–Crippen LogP) is 3.23. The van der Waals surface area contributed by atoms with Crippen molar-refractivity contribution in [1.29, 1.82) is 5.41 Å². The van der Waals surface area contributed by atoms with E-state index < -0.39 is 41.7 Å². The van der Waals surface area contributed by atoms with E-state index in [4.69, 9.17) is 30.1 Å². The second-order valence-corrected chi connectivity index (χ2v) is 8.60. The summed E-state index contributed by atoms with van der Waals surface area (Å²) in [6, 6.07) is 10.3. The Balaban J connectivity index is 2.12. The van der Waals surface area contributed by atoms with Crippen molar-refractivity contribution in [3.05, 3.63) is 76.7 Å². The van der Waals surface area contributed by atoms with Crippen LogP contribution < -0.4 is 25.4 Å². The van der Waals surface area contributed by atoms with Crippen LogP contribution in [0.3, 0.4) is 0 Å². The highest BCUT2D eigenvalue weighted by Gasteiger charge is 2.40. The fourth-order valence-corrected chi connectivity index (χ4v) is 3.76. The second-order valence-electron chi connectivity index (χ2n) is 8.60. The minimum absolute atomic E-state index is 0.00667. The number of allylic oxidation sites excluding steroid dienone is 1. The molecule has 40 heavy (non-hydrogen) atoms. The number of nitrogen functional groups attached to an aromatic ring is 1. The summed E-state index contributed by atoms with van der Waals surface area (Å²) >= 11 is 0. The number of carbonyl (C=O) groups is 2. The van der Waals surface area contributed by atoms with Crippen molar-refractivity contribution in [3.8, 4) is 17.2 Å². The number of benzene rings is 2. The van der Waals surface area contributed by atoms with Crippen LogP contribution in [-0.2, 0) is 9.53 Å². The van der Waals surface area contributed by atoms with E-state index in [0.717, 1.165) is 5.01 Å². The van der Waals surface area contributed by atoms with Gasteiger partial charge in [0.15, 0.2) is 23.2 Å². The predicted molar refractivity (Wildman–Crippen MR) is 142 cm³/mol. The van der Waals surface area contributed by atoms with E-state index in [2.05, 4.69) is 5.43 Å². The van der Waals surface area contributed by atoms with Crippen LogP contribution in [0, 0.1) is 5.41 Å². The molecule has 11 nitrogen and oxygen atoms in total. The highest BCUT2D eigenvalue weighted by Crippen LogP contribution is 2.39. The molecule has 2 aromatic carbocycles. The number of nitrogens with two attached hydrogens (primary N) is 1. The molecule has 1 aliphatic rings. The summed E-state index contributed by atoms with van der Waals surface area (Å²) in [5, 5.41) is 8.65. The van der Waals surface area contributed by atoms with Crippen LogP contribution in [0.2, 0.25) is 0 Å². The SMILES string of the molecule is CCOC(=O)CC1=C(F)C(Oc2cc(C(=N)N)ccc2OC)N(NC)C(Oc2cccc(C(=O)N(C)C)c2)=C1F. The molecule has 3 rings (SSSR count). The summed E-state index contributed by atoms with van der Waals surface area (Å²) in [4.78, 5) is 26.1. The Hall–Kier alpha value is -4.65. The summed E-state index contributed by atoms with van der Waals surface area (Å²) < 4.78 is 53.8. The average molecular weight is 560 g/mol. The maximum absolute atomic E-state index is 15.9. The average Bonchev–Trinajstić information content (AvgIpc) is 2.93. The molecule has 2 aromatic rings. The molecule has 0 spiro atoms. The quantitative estimate of drug-likeness (QED) is 0.215. The number of ether oxygens (including phenoxy) is 4. The first-order valence-electron chi connectivity index (χ1n) is 12.1. The van der Waals surface area contributed by atoms with E-state index in [1.807, 2.05) is 0 Å². The van der Waals surface area contributed by atoms with Crippen molar-refractivity contribution in [2.45, 2.75) is 19.6 Å². The molecule has 1 amide bonds. The van der Waals surface area contributed by atoms with Crippen molar-refractivity contribution in [3.63, 3.8) is 0 Å². The number of amidine groups is 1. The molecular weight excluding hydrogens is 528 g/mol. The number of rotatable bonds is 11. The van der Waals surface area contributed by atoms with E-state index >= 15 is 8.78 Å². The maximum Gasteiger partial charge on any atom is 0.310 e. The van der Waals surface area contributed by atoms with Crippen LogP contribution in [-0.4, -0.2) is 68.7 Å². The van der Waals surface area contributed by atoms with Crippen LogP contribution in [0.25, 0.3) is 0 Å². The molecule has 0 bridgehead atoms. The van der Waals surface area contributed by atoms with Crippen molar-refractivity contribution < 1.29 is 37.3 Å². The minimum Gasteiger partial charge on any atom is -0.493 e. The van der Waals surface area contributed by atoms with Gasteiger partial charge >= 0.3 is 5.97 Å². The molecular formula is C27H31F2N5O6. The van der Waals surface area contributed by atoms with Crippen LogP contribution in [0.15, 0.2) is 65.6 Å². The lowest BCUT2D eigenvalue weighted by molar-refractivity contribution is -0.142. The smallest absolute Gasteiger partial charge is 0.310 e. The van der Waals surface area contributed by atoms with Crippen molar-refractivity contribution in [1.82, 2.24) is 15.3 Å². The molecule has 0 aromatic heterocycles. The fourth-order valence-electron chi connectivity index (χ4n) is 3.76. The number of esters is 1. The van der Waals surface area contributed by atoms with E-state index in [9.17, 15) is 9.59 Å². The third kappa shape index (κ3) is 6.49. The van der Waals surface area contributed by atoms with E-state index in [1.54, 1.807) is 33.2 Å². The number of hydrazine groups is 1. The summed E-state index contributed by atoms with van der Waals surface area (Å²) in [5.41, 5.74) is 8.13. The number of methoxy groups -OCH3 is 1. The fraction of sp³-hybridized carbons (Fsp3) is 0.296. The Morgan fingerprint density at radius 1 is 1.12 bits per heavy atom. The Morgan fingerprint density at radius 2 is 1.85 bits per heavy atom. The molecule has 0 aliphatic carbocycles. The minimum atomic E-state index is -1.70. The normalized spacial score (nSPS) is 15.1. The van der Waals surface area contributed by atoms with Gasteiger partial charge in [0, 0.05) is 37.8 Å². The lowest BCUT2D eigenvalue weighted by Gasteiger charge is -2.36. The zero-order chi connectivity index (χ0) is 29.6. The van der Waals surface area contributed by atoms with Gasteiger partial charge in [-0.3, -0.25) is 15.0 Å². The standard InChI is InChI=1S/C27H31F2N5O6/c1-6-38-21(35)14-18-22(28)26(39-17-9-7-8-16(12-17)25(36)33(3)4)34(32-2)27(23(18)29)40-20-13-15(24(30)31)10-11-19(20)37-5/h7-13,27,32H,6,14H2,1-5H3,(H3,30,31). The summed E-state index contributed by atoms with van der Waals surface area (Å²) in [7, 11) is 5.90. The molecule has 1 atom stereocenters. The molecule has 0 saturated heterocycles. The molecule has 1 aliphatic heterocycles. The first-order chi connectivity index (χ1) is 19.0. The van der Waals surface area contributed by atoms with Gasteiger partial charge < -0.3 is 29.6 Å². The lowest BCUT2D eigenvalue weighted by atomic mass is 10.1. The topological polar surface area (TPSA) is 139 Å². The Bertz CT molecular complexity index is 1360. The number of hydrogen-bond donors (Lipinski definition) is 3. The molecule has 0 radical (unpaired) electrons. The lowest BCUT2D eigenvalue weighted by Crippen LogP contribution is -2.50. The van der Waals surface area contributed by atoms with Crippen LogP contribution >= 0.6 is 0 Å². The van der Waals surface area contributed by atoms with Gasteiger partial charge in [-0.25, -0.2) is 19.2 Å². The van der Waals surface area contributed by atoms with Gasteiger partial charge in [0.1, 0.15) is 11.6 Å². The van der Waals surface area contributed by atoms with E-state index in [0.29, 0.717) is 0 Å². The Kier molecular flexibility index (Phi) is 9.67. The van der Waals surface area contributed by atoms with Gasteiger partial charge in [0.2, 0.25) is 6.23 Å². The molecule has 0 saturated carbocycles. The largest absolute Gasteiger partial charge is 0.493 e. The summed E-state index contributed by atoms with van der Waals surface area (Å²) in [6.07, 6.45) is -2.45. The third-order valence-corrected chi connectivity index (χ3v) is 5.69. The van der Waals surface area contributed by atoms with Crippen molar-refractivity contribution in [2.24, 2.45) is 5.73 Å². The van der Waals surface area contributed by atoms with E-state index in [1.165, 1.54) is 49.4 Å². The van der Waals surface area contributed by atoms with E-state index in [-0.39, 0.29) is 46.7 Å². The number of carbonyl (C=O) groups excluding carboxylic acids is 2. The third-order valence-electron chi connectivity index (χ3n) is 5.69. The highest BCUT2D eigenvalue weighted by molar-refractivity contribution is 5.95. The zero-order valence-electron chi connectivity index (χ0n) is 22.7.